The summed E-state index contributed by atoms with van der Waals surface area (Å²) in [5, 5.41) is 11.8. The Morgan fingerprint density at radius 1 is 1.00 bits per heavy atom. The maximum Gasteiger partial charge on any atom is 0.326 e. The van der Waals surface area contributed by atoms with E-state index in [9.17, 15) is 14.7 Å². The van der Waals surface area contributed by atoms with E-state index in [0.717, 1.165) is 12.1 Å². The van der Waals surface area contributed by atoms with Crippen molar-refractivity contribution in [2.24, 2.45) is 5.92 Å². The molecule has 0 heterocycles. The second kappa shape index (κ2) is 9.15. The van der Waals surface area contributed by atoms with E-state index < -0.39 is 12.0 Å². The van der Waals surface area contributed by atoms with E-state index in [2.05, 4.69) is 22.3 Å². The molecule has 0 spiro atoms. The van der Waals surface area contributed by atoms with Crippen molar-refractivity contribution in [3.05, 3.63) is 71.3 Å². The molecule has 0 saturated heterocycles. The number of hydrogen-bond donors (Lipinski definition) is 2. The molecule has 0 aliphatic rings. The molecule has 0 aromatic heterocycles. The summed E-state index contributed by atoms with van der Waals surface area (Å²) in [5.74, 6) is -1.57. The molecule has 2 rings (SSSR count). The molecule has 0 fully saturated rings. The number of carboxylic acids is 1. The summed E-state index contributed by atoms with van der Waals surface area (Å²) in [7, 11) is 2.03. The minimum absolute atomic E-state index is 0.184. The fraction of sp³-hybridized carbons (Fsp3) is 0.333. The standard InChI is InChI=1S/C21H26N2O3/c1-15(2)19(21(25)26)22-20(24)18-11-7-10-17(12-18)14-23(3)13-16-8-5-4-6-9-16/h4-12,15,19H,13-14H2,1-3H3,(H,22,24)(H,25,26)/t19-/m1/s1. The monoisotopic (exact) mass is 354 g/mol. The van der Waals surface area contributed by atoms with Crippen molar-refractivity contribution in [2.45, 2.75) is 33.0 Å². The number of nitrogens with one attached hydrogen (secondary N) is 1. The van der Waals surface area contributed by atoms with Gasteiger partial charge in [-0.05, 0) is 36.2 Å². The van der Waals surface area contributed by atoms with Crippen LogP contribution in [0.15, 0.2) is 54.6 Å². The van der Waals surface area contributed by atoms with Gasteiger partial charge in [0.15, 0.2) is 0 Å². The molecule has 26 heavy (non-hydrogen) atoms. The molecule has 0 bridgehead atoms. The minimum atomic E-state index is -1.02. The first-order valence-electron chi connectivity index (χ1n) is 8.72. The molecule has 0 aliphatic heterocycles. The second-order valence-corrected chi connectivity index (χ2v) is 6.89. The van der Waals surface area contributed by atoms with Gasteiger partial charge in [0, 0.05) is 18.7 Å². The van der Waals surface area contributed by atoms with Gasteiger partial charge in [0.05, 0.1) is 0 Å². The average molecular weight is 354 g/mol. The summed E-state index contributed by atoms with van der Waals surface area (Å²) in [6, 6.07) is 16.6. The summed E-state index contributed by atoms with van der Waals surface area (Å²) in [6.07, 6.45) is 0. The molecule has 138 valence electrons. The van der Waals surface area contributed by atoms with Crippen LogP contribution >= 0.6 is 0 Å². The second-order valence-electron chi connectivity index (χ2n) is 6.89. The fourth-order valence-electron chi connectivity index (χ4n) is 2.81. The largest absolute Gasteiger partial charge is 0.480 e. The Kier molecular flexibility index (Phi) is 6.92. The van der Waals surface area contributed by atoms with Gasteiger partial charge < -0.3 is 10.4 Å². The minimum Gasteiger partial charge on any atom is -0.480 e. The van der Waals surface area contributed by atoms with Gasteiger partial charge >= 0.3 is 5.97 Å². The molecular formula is C21H26N2O3. The van der Waals surface area contributed by atoms with Crippen LogP contribution in [0.25, 0.3) is 0 Å². The van der Waals surface area contributed by atoms with Gasteiger partial charge in [-0.25, -0.2) is 4.79 Å². The Bertz CT molecular complexity index is 744. The van der Waals surface area contributed by atoms with E-state index >= 15 is 0 Å². The Morgan fingerprint density at radius 2 is 1.62 bits per heavy atom. The third kappa shape index (κ3) is 5.70. The zero-order valence-electron chi connectivity index (χ0n) is 15.5. The number of nitrogens with zero attached hydrogens (tertiary/aromatic N) is 1. The molecule has 0 unspecified atom stereocenters. The first kappa shape index (κ1) is 19.7. The van der Waals surface area contributed by atoms with Gasteiger partial charge in [0.25, 0.3) is 5.91 Å². The summed E-state index contributed by atoms with van der Waals surface area (Å²) >= 11 is 0. The van der Waals surface area contributed by atoms with Crippen LogP contribution < -0.4 is 5.32 Å². The molecule has 1 atom stereocenters. The molecule has 2 aromatic carbocycles. The van der Waals surface area contributed by atoms with Gasteiger partial charge in [-0.2, -0.15) is 0 Å². The van der Waals surface area contributed by atoms with Gasteiger partial charge in [-0.15, -0.1) is 0 Å². The zero-order chi connectivity index (χ0) is 19.1. The van der Waals surface area contributed by atoms with Crippen molar-refractivity contribution in [3.63, 3.8) is 0 Å². The smallest absolute Gasteiger partial charge is 0.326 e. The third-order valence-corrected chi connectivity index (χ3v) is 4.16. The van der Waals surface area contributed by atoms with Crippen molar-refractivity contribution in [3.8, 4) is 0 Å². The number of carbonyl (C=O) groups is 2. The van der Waals surface area contributed by atoms with Gasteiger partial charge in [0.1, 0.15) is 6.04 Å². The first-order valence-corrected chi connectivity index (χ1v) is 8.72. The number of hydrogen-bond acceptors (Lipinski definition) is 3. The van der Waals surface area contributed by atoms with Gasteiger partial charge in [0.2, 0.25) is 0 Å². The summed E-state index contributed by atoms with van der Waals surface area (Å²) in [4.78, 5) is 25.8. The van der Waals surface area contributed by atoms with Crippen LogP contribution in [0.3, 0.4) is 0 Å². The highest BCUT2D eigenvalue weighted by molar-refractivity contribution is 5.96. The predicted octanol–water partition coefficient (Wildman–Crippen LogP) is 3.16. The molecule has 5 heteroatoms. The van der Waals surface area contributed by atoms with E-state index in [1.54, 1.807) is 19.9 Å². The number of aliphatic carboxylic acids is 1. The van der Waals surface area contributed by atoms with Crippen molar-refractivity contribution < 1.29 is 14.7 Å². The van der Waals surface area contributed by atoms with Crippen LogP contribution in [0, 0.1) is 5.92 Å². The Balaban J connectivity index is 2.02. The first-order chi connectivity index (χ1) is 12.4. The number of amides is 1. The molecule has 1 amide bonds. The highest BCUT2D eigenvalue weighted by Crippen LogP contribution is 2.11. The molecule has 0 radical (unpaired) electrons. The Labute approximate surface area is 154 Å². The summed E-state index contributed by atoms with van der Waals surface area (Å²) < 4.78 is 0. The van der Waals surface area contributed by atoms with Gasteiger partial charge in [-0.3, -0.25) is 9.69 Å². The molecule has 5 nitrogen and oxygen atoms in total. The van der Waals surface area contributed by atoms with Crippen LogP contribution in [0.5, 0.6) is 0 Å². The lowest BCUT2D eigenvalue weighted by Gasteiger charge is -2.19. The maximum atomic E-state index is 12.4. The molecular weight excluding hydrogens is 328 g/mol. The highest BCUT2D eigenvalue weighted by Gasteiger charge is 2.24. The quantitative estimate of drug-likeness (QED) is 0.764. The van der Waals surface area contributed by atoms with Crippen molar-refractivity contribution >= 4 is 11.9 Å². The average Bonchev–Trinajstić information content (AvgIpc) is 2.59. The number of carboxylic acid groups (broad SMARTS) is 1. The van der Waals surface area contributed by atoms with Gasteiger partial charge in [-0.1, -0.05) is 56.3 Å². The Morgan fingerprint density at radius 3 is 2.23 bits per heavy atom. The van der Waals surface area contributed by atoms with E-state index in [-0.39, 0.29) is 11.8 Å². The topological polar surface area (TPSA) is 69.6 Å². The van der Waals surface area contributed by atoms with Crippen molar-refractivity contribution in [1.82, 2.24) is 10.2 Å². The Hall–Kier alpha value is -2.66. The van der Waals surface area contributed by atoms with Crippen LogP contribution in [0.1, 0.15) is 35.3 Å². The van der Waals surface area contributed by atoms with E-state index in [4.69, 9.17) is 0 Å². The van der Waals surface area contributed by atoms with E-state index in [1.165, 1.54) is 5.56 Å². The third-order valence-electron chi connectivity index (χ3n) is 4.16. The van der Waals surface area contributed by atoms with E-state index in [1.807, 2.05) is 43.4 Å². The van der Waals surface area contributed by atoms with Crippen LogP contribution in [0.4, 0.5) is 0 Å². The summed E-state index contributed by atoms with van der Waals surface area (Å²) in [5.41, 5.74) is 2.71. The van der Waals surface area contributed by atoms with Crippen LogP contribution in [0.2, 0.25) is 0 Å². The maximum absolute atomic E-state index is 12.4. The van der Waals surface area contributed by atoms with Crippen molar-refractivity contribution in [2.75, 3.05) is 7.05 Å². The predicted molar refractivity (Wildman–Crippen MR) is 102 cm³/mol. The van der Waals surface area contributed by atoms with Crippen LogP contribution in [-0.2, 0) is 17.9 Å². The SMILES string of the molecule is CC(C)[C@@H](NC(=O)c1cccc(CN(C)Cc2ccccc2)c1)C(=O)O. The molecule has 2 aromatic rings. The van der Waals surface area contributed by atoms with Crippen LogP contribution in [-0.4, -0.2) is 35.0 Å². The number of benzene rings is 2. The lowest BCUT2D eigenvalue weighted by atomic mass is 10.0. The number of carbonyl (C=O) groups excluding carboxylic acids is 1. The molecule has 0 saturated carbocycles. The fourth-order valence-corrected chi connectivity index (χ4v) is 2.81. The van der Waals surface area contributed by atoms with E-state index in [0.29, 0.717) is 12.1 Å². The summed E-state index contributed by atoms with van der Waals surface area (Å²) in [6.45, 7) is 5.05. The normalized spacial score (nSPS) is 12.2. The van der Waals surface area contributed by atoms with Crippen molar-refractivity contribution in [1.29, 1.82) is 0 Å². The lowest BCUT2D eigenvalue weighted by molar-refractivity contribution is -0.140. The highest BCUT2D eigenvalue weighted by atomic mass is 16.4. The molecule has 0 aliphatic carbocycles. The lowest BCUT2D eigenvalue weighted by Crippen LogP contribution is -2.44. The number of rotatable bonds is 8. The molecule has 2 N–H and O–H groups in total. The zero-order valence-corrected chi connectivity index (χ0v) is 15.5.